The number of nitrogens with two attached hydrogens (primary N) is 1. The van der Waals surface area contributed by atoms with Gasteiger partial charge in [-0.15, -0.1) is 0 Å². The van der Waals surface area contributed by atoms with Gasteiger partial charge >= 0.3 is 0 Å². The Hall–Kier alpha value is -1.46. The Balaban J connectivity index is 2.02. The van der Waals surface area contributed by atoms with Crippen LogP contribution >= 0.6 is 11.6 Å². The topological polar surface area (TPSA) is 64.8 Å². The van der Waals surface area contributed by atoms with E-state index in [-0.39, 0.29) is 18.0 Å². The lowest BCUT2D eigenvalue weighted by Gasteiger charge is -2.26. The number of carbonyl (C=O) groups is 1. The SMILES string of the molecule is CN1C(=O)CC(N)C1c1cc(Cl)c2c(c1)OCCO2. The molecule has 2 N–H and O–H groups in total. The van der Waals surface area contributed by atoms with Crippen LogP contribution in [0.15, 0.2) is 12.1 Å². The predicted molar refractivity (Wildman–Crippen MR) is 70.5 cm³/mol. The summed E-state index contributed by atoms with van der Waals surface area (Å²) in [5, 5.41) is 0.493. The molecule has 1 fully saturated rings. The summed E-state index contributed by atoms with van der Waals surface area (Å²) < 4.78 is 11.0. The van der Waals surface area contributed by atoms with Crippen LogP contribution in [0.5, 0.6) is 11.5 Å². The van der Waals surface area contributed by atoms with Crippen molar-refractivity contribution in [3.63, 3.8) is 0 Å². The second kappa shape index (κ2) is 4.58. The second-order valence-corrected chi connectivity index (χ2v) is 5.25. The molecule has 2 unspecified atom stereocenters. The minimum Gasteiger partial charge on any atom is -0.486 e. The summed E-state index contributed by atoms with van der Waals surface area (Å²) >= 11 is 6.21. The van der Waals surface area contributed by atoms with Gasteiger partial charge in [-0.1, -0.05) is 11.6 Å². The summed E-state index contributed by atoms with van der Waals surface area (Å²) in [6, 6.07) is 3.27. The van der Waals surface area contributed by atoms with E-state index >= 15 is 0 Å². The molecule has 0 aliphatic carbocycles. The molecule has 2 aliphatic rings. The molecule has 0 saturated carbocycles. The largest absolute Gasteiger partial charge is 0.486 e. The Bertz CT molecular complexity index is 535. The van der Waals surface area contributed by atoms with E-state index in [2.05, 4.69) is 0 Å². The van der Waals surface area contributed by atoms with Gasteiger partial charge in [0.05, 0.1) is 11.1 Å². The lowest BCUT2D eigenvalue weighted by atomic mass is 10.0. The van der Waals surface area contributed by atoms with Crippen molar-refractivity contribution in [1.29, 1.82) is 0 Å². The number of rotatable bonds is 1. The van der Waals surface area contributed by atoms with Crippen LogP contribution in [0.25, 0.3) is 0 Å². The summed E-state index contributed by atoms with van der Waals surface area (Å²) in [5.41, 5.74) is 6.92. The molecule has 1 saturated heterocycles. The molecule has 0 spiro atoms. The number of amides is 1. The molecule has 19 heavy (non-hydrogen) atoms. The van der Waals surface area contributed by atoms with Gasteiger partial charge in [0.25, 0.3) is 0 Å². The Morgan fingerprint density at radius 2 is 2.11 bits per heavy atom. The van der Waals surface area contributed by atoms with Crippen LogP contribution < -0.4 is 15.2 Å². The molecular weight excluding hydrogens is 268 g/mol. The van der Waals surface area contributed by atoms with E-state index in [1.165, 1.54) is 0 Å². The third kappa shape index (κ3) is 2.03. The highest BCUT2D eigenvalue weighted by Gasteiger charge is 2.37. The van der Waals surface area contributed by atoms with Gasteiger partial charge in [-0.2, -0.15) is 0 Å². The van der Waals surface area contributed by atoms with E-state index in [1.807, 2.05) is 6.07 Å². The average molecular weight is 283 g/mol. The fraction of sp³-hybridized carbons (Fsp3) is 0.462. The third-order valence-corrected chi connectivity index (χ3v) is 3.87. The first-order chi connectivity index (χ1) is 9.08. The Morgan fingerprint density at radius 1 is 1.37 bits per heavy atom. The monoisotopic (exact) mass is 282 g/mol. The normalized spacial score (nSPS) is 25.8. The zero-order valence-corrected chi connectivity index (χ0v) is 11.3. The van der Waals surface area contributed by atoms with Gasteiger partial charge in [-0.3, -0.25) is 4.79 Å². The Morgan fingerprint density at radius 3 is 2.79 bits per heavy atom. The fourth-order valence-electron chi connectivity index (χ4n) is 2.67. The van der Waals surface area contributed by atoms with E-state index in [9.17, 15) is 4.79 Å². The highest BCUT2D eigenvalue weighted by atomic mass is 35.5. The fourth-order valence-corrected chi connectivity index (χ4v) is 2.95. The van der Waals surface area contributed by atoms with Gasteiger partial charge in [0.1, 0.15) is 13.2 Å². The Labute approximate surface area is 116 Å². The van der Waals surface area contributed by atoms with E-state index < -0.39 is 0 Å². The van der Waals surface area contributed by atoms with E-state index in [4.69, 9.17) is 26.8 Å². The lowest BCUT2D eigenvalue weighted by Crippen LogP contribution is -2.30. The maximum Gasteiger partial charge on any atom is 0.224 e. The number of hydrogen-bond donors (Lipinski definition) is 1. The van der Waals surface area contributed by atoms with Crippen LogP contribution in [0, 0.1) is 0 Å². The molecular formula is C13H15ClN2O3. The number of hydrogen-bond acceptors (Lipinski definition) is 4. The van der Waals surface area contributed by atoms with Crippen LogP contribution in [0.3, 0.4) is 0 Å². The van der Waals surface area contributed by atoms with E-state index in [0.717, 1.165) is 5.56 Å². The molecule has 6 heteroatoms. The van der Waals surface area contributed by atoms with Gasteiger partial charge in [0.2, 0.25) is 5.91 Å². The summed E-state index contributed by atoms with van der Waals surface area (Å²) in [7, 11) is 1.75. The van der Waals surface area contributed by atoms with Crippen LogP contribution in [0.4, 0.5) is 0 Å². The molecule has 1 aromatic carbocycles. The zero-order valence-electron chi connectivity index (χ0n) is 10.6. The minimum atomic E-state index is -0.226. The standard InChI is InChI=1S/C13H15ClN2O3/c1-16-11(17)6-9(15)12(16)7-4-8(14)13-10(5-7)18-2-3-19-13/h4-5,9,12H,2-3,6,15H2,1H3. The zero-order chi connectivity index (χ0) is 13.6. The summed E-state index contributed by atoms with van der Waals surface area (Å²) in [4.78, 5) is 13.4. The number of halogens is 1. The number of carbonyl (C=O) groups excluding carboxylic acids is 1. The molecule has 2 atom stereocenters. The van der Waals surface area contributed by atoms with Crippen molar-refractivity contribution in [3.05, 3.63) is 22.7 Å². The molecule has 2 heterocycles. The molecule has 0 radical (unpaired) electrons. The Kier molecular flexibility index (Phi) is 3.03. The molecule has 3 rings (SSSR count). The molecule has 102 valence electrons. The highest BCUT2D eigenvalue weighted by Crippen LogP contribution is 2.42. The lowest BCUT2D eigenvalue weighted by molar-refractivity contribution is -0.127. The highest BCUT2D eigenvalue weighted by molar-refractivity contribution is 6.32. The van der Waals surface area contributed by atoms with Crippen molar-refractivity contribution in [1.82, 2.24) is 4.90 Å². The number of nitrogens with zero attached hydrogens (tertiary/aromatic N) is 1. The quantitative estimate of drug-likeness (QED) is 0.844. The maximum atomic E-state index is 11.7. The van der Waals surface area contributed by atoms with Gasteiger partial charge in [-0.05, 0) is 17.7 Å². The maximum absolute atomic E-state index is 11.7. The first-order valence-corrected chi connectivity index (χ1v) is 6.56. The van der Waals surface area contributed by atoms with Crippen molar-refractivity contribution in [2.45, 2.75) is 18.5 Å². The smallest absolute Gasteiger partial charge is 0.224 e. The first-order valence-electron chi connectivity index (χ1n) is 6.18. The van der Waals surface area contributed by atoms with E-state index in [0.29, 0.717) is 36.2 Å². The summed E-state index contributed by atoms with van der Waals surface area (Å²) in [5.74, 6) is 1.23. The van der Waals surface area contributed by atoms with Crippen molar-refractivity contribution in [3.8, 4) is 11.5 Å². The van der Waals surface area contributed by atoms with Crippen LogP contribution in [0.2, 0.25) is 5.02 Å². The average Bonchev–Trinajstić information content (AvgIpc) is 2.63. The van der Waals surface area contributed by atoms with Crippen LogP contribution in [-0.2, 0) is 4.79 Å². The molecule has 0 bridgehead atoms. The van der Waals surface area contributed by atoms with Crippen molar-refractivity contribution in [2.75, 3.05) is 20.3 Å². The van der Waals surface area contributed by atoms with Gasteiger partial charge < -0.3 is 20.1 Å². The number of likely N-dealkylation sites (tertiary alicyclic amines) is 1. The molecule has 2 aliphatic heterocycles. The van der Waals surface area contributed by atoms with Crippen molar-refractivity contribution < 1.29 is 14.3 Å². The first kappa shape index (κ1) is 12.6. The molecule has 0 aromatic heterocycles. The van der Waals surface area contributed by atoms with Gasteiger partial charge in [-0.25, -0.2) is 0 Å². The predicted octanol–water partition coefficient (Wildman–Crippen LogP) is 1.34. The third-order valence-electron chi connectivity index (χ3n) is 3.59. The van der Waals surface area contributed by atoms with Gasteiger partial charge in [0, 0.05) is 19.5 Å². The van der Waals surface area contributed by atoms with Crippen LogP contribution in [-0.4, -0.2) is 37.1 Å². The number of likely N-dealkylation sites (N-methyl/N-ethyl adjacent to an activating group) is 1. The summed E-state index contributed by atoms with van der Waals surface area (Å²) in [6.45, 7) is 0.992. The molecule has 5 nitrogen and oxygen atoms in total. The number of fused-ring (bicyclic) bond motifs is 1. The van der Waals surface area contributed by atoms with Crippen molar-refractivity contribution in [2.24, 2.45) is 5.73 Å². The number of benzene rings is 1. The van der Waals surface area contributed by atoms with Crippen molar-refractivity contribution >= 4 is 17.5 Å². The minimum absolute atomic E-state index is 0.0449. The molecule has 1 aromatic rings. The summed E-state index contributed by atoms with van der Waals surface area (Å²) in [6.07, 6.45) is 0.354. The number of ether oxygens (including phenoxy) is 2. The van der Waals surface area contributed by atoms with Crippen LogP contribution in [0.1, 0.15) is 18.0 Å². The van der Waals surface area contributed by atoms with Gasteiger partial charge in [0.15, 0.2) is 11.5 Å². The van der Waals surface area contributed by atoms with E-state index in [1.54, 1.807) is 18.0 Å². The molecule has 1 amide bonds. The second-order valence-electron chi connectivity index (χ2n) is 4.84.